The summed E-state index contributed by atoms with van der Waals surface area (Å²) in [4.78, 5) is 12.9. The minimum atomic E-state index is -0.340. The lowest BCUT2D eigenvalue weighted by Crippen LogP contribution is -2.26. The first-order valence-electron chi connectivity index (χ1n) is 8.58. The van der Waals surface area contributed by atoms with Gasteiger partial charge >= 0.3 is 0 Å². The van der Waals surface area contributed by atoms with E-state index in [4.69, 9.17) is 16.7 Å². The molecule has 10 heteroatoms. The summed E-state index contributed by atoms with van der Waals surface area (Å²) < 4.78 is 4.49. The van der Waals surface area contributed by atoms with Crippen LogP contribution >= 0.6 is 11.6 Å². The molecule has 0 aliphatic rings. The second kappa shape index (κ2) is 6.24. The Morgan fingerprint density at radius 1 is 1.04 bits per heavy atom. The second-order valence-electron chi connectivity index (χ2n) is 6.16. The molecule has 4 heterocycles. The summed E-state index contributed by atoms with van der Waals surface area (Å²) in [6.45, 7) is 2.02. The standard InChI is InChI=1S/C18H13ClN8O/c1-2-13-15(11-3-5-12(19)6-4-11)17-23-22-16-14(27(17)24-13)7-8-26(18(16)28)25-9-20-21-10-25/h3-10H,2H2,1H3. The van der Waals surface area contributed by atoms with Gasteiger partial charge in [0.2, 0.25) is 0 Å². The van der Waals surface area contributed by atoms with Gasteiger partial charge in [-0.1, -0.05) is 30.7 Å². The zero-order valence-electron chi connectivity index (χ0n) is 14.7. The van der Waals surface area contributed by atoms with Gasteiger partial charge in [-0.2, -0.15) is 5.10 Å². The fourth-order valence-electron chi connectivity index (χ4n) is 3.23. The smallest absolute Gasteiger partial charge is 0.265 e. The number of nitrogens with zero attached hydrogens (tertiary/aromatic N) is 8. The van der Waals surface area contributed by atoms with Crippen molar-refractivity contribution in [2.24, 2.45) is 0 Å². The van der Waals surface area contributed by atoms with E-state index in [1.54, 1.807) is 16.8 Å². The summed E-state index contributed by atoms with van der Waals surface area (Å²) in [6.07, 6.45) is 5.20. The quantitative estimate of drug-likeness (QED) is 0.467. The largest absolute Gasteiger partial charge is 0.299 e. The summed E-state index contributed by atoms with van der Waals surface area (Å²) in [5, 5.41) is 21.3. The third-order valence-electron chi connectivity index (χ3n) is 4.56. The van der Waals surface area contributed by atoms with E-state index < -0.39 is 0 Å². The van der Waals surface area contributed by atoms with Crippen LogP contribution in [0, 0.1) is 0 Å². The Labute approximate surface area is 162 Å². The molecule has 28 heavy (non-hydrogen) atoms. The fraction of sp³-hybridized carbons (Fsp3) is 0.111. The molecule has 0 spiro atoms. The van der Waals surface area contributed by atoms with E-state index in [-0.39, 0.29) is 11.1 Å². The van der Waals surface area contributed by atoms with Crippen molar-refractivity contribution in [3.63, 3.8) is 0 Å². The van der Waals surface area contributed by atoms with Crippen LogP contribution in [0.15, 0.2) is 54.0 Å². The van der Waals surface area contributed by atoms with Gasteiger partial charge in [0.25, 0.3) is 5.56 Å². The normalized spacial score (nSPS) is 11.5. The highest BCUT2D eigenvalue weighted by Crippen LogP contribution is 2.29. The maximum absolute atomic E-state index is 12.9. The van der Waals surface area contributed by atoms with Crippen LogP contribution < -0.4 is 5.56 Å². The van der Waals surface area contributed by atoms with Crippen LogP contribution in [0.1, 0.15) is 12.6 Å². The molecule has 0 aliphatic carbocycles. The molecule has 0 fully saturated rings. The monoisotopic (exact) mass is 392 g/mol. The molecular weight excluding hydrogens is 380 g/mol. The minimum absolute atomic E-state index is 0.205. The van der Waals surface area contributed by atoms with Crippen molar-refractivity contribution in [1.29, 1.82) is 0 Å². The molecule has 9 nitrogen and oxygen atoms in total. The van der Waals surface area contributed by atoms with E-state index in [1.165, 1.54) is 22.0 Å². The molecule has 0 bridgehead atoms. The molecule has 5 rings (SSSR count). The second-order valence-corrected chi connectivity index (χ2v) is 6.60. The van der Waals surface area contributed by atoms with Crippen molar-refractivity contribution in [1.82, 2.24) is 39.4 Å². The maximum Gasteiger partial charge on any atom is 0.299 e. The maximum atomic E-state index is 12.9. The van der Waals surface area contributed by atoms with E-state index >= 15 is 0 Å². The third-order valence-corrected chi connectivity index (χ3v) is 4.81. The molecule has 0 radical (unpaired) electrons. The van der Waals surface area contributed by atoms with E-state index in [9.17, 15) is 4.79 Å². The van der Waals surface area contributed by atoms with Gasteiger partial charge in [0.1, 0.15) is 18.2 Å². The Morgan fingerprint density at radius 2 is 1.79 bits per heavy atom. The molecular formula is C18H13ClN8O. The number of benzene rings is 1. The Kier molecular flexibility index (Phi) is 3.69. The zero-order chi connectivity index (χ0) is 19.3. The molecule has 5 aromatic rings. The van der Waals surface area contributed by atoms with Gasteiger partial charge in [-0.3, -0.25) is 4.79 Å². The molecule has 0 atom stereocenters. The van der Waals surface area contributed by atoms with E-state index in [1.807, 2.05) is 31.2 Å². The lowest BCUT2D eigenvalue weighted by molar-refractivity contribution is 0.630. The van der Waals surface area contributed by atoms with Crippen LogP contribution in [0.4, 0.5) is 0 Å². The van der Waals surface area contributed by atoms with E-state index in [0.717, 1.165) is 16.8 Å². The number of fused-ring (bicyclic) bond motifs is 3. The number of aromatic nitrogens is 8. The summed E-state index contributed by atoms with van der Waals surface area (Å²) in [5.41, 5.74) is 3.73. The molecule has 0 amide bonds. The van der Waals surface area contributed by atoms with Crippen LogP contribution in [-0.2, 0) is 6.42 Å². The molecule has 4 aromatic heterocycles. The van der Waals surface area contributed by atoms with Crippen molar-refractivity contribution in [2.75, 3.05) is 0 Å². The van der Waals surface area contributed by atoms with Gasteiger partial charge in [-0.25, -0.2) is 13.9 Å². The van der Waals surface area contributed by atoms with Gasteiger partial charge in [0, 0.05) is 11.2 Å². The Balaban J connectivity index is 1.81. The van der Waals surface area contributed by atoms with Crippen LogP contribution in [0.25, 0.3) is 27.8 Å². The van der Waals surface area contributed by atoms with Crippen LogP contribution in [0.3, 0.4) is 0 Å². The van der Waals surface area contributed by atoms with E-state index in [0.29, 0.717) is 22.6 Å². The predicted octanol–water partition coefficient (Wildman–Crippen LogP) is 2.22. The van der Waals surface area contributed by atoms with Crippen molar-refractivity contribution < 1.29 is 0 Å². The van der Waals surface area contributed by atoms with Crippen LogP contribution in [0.5, 0.6) is 0 Å². The average molecular weight is 393 g/mol. The molecule has 0 aliphatic heterocycles. The third kappa shape index (κ3) is 2.40. The number of aryl methyl sites for hydroxylation is 1. The summed E-state index contributed by atoms with van der Waals surface area (Å²) in [5.74, 6) is 0. The van der Waals surface area contributed by atoms with Crippen molar-refractivity contribution in [3.8, 4) is 11.1 Å². The van der Waals surface area contributed by atoms with Crippen LogP contribution in [0.2, 0.25) is 5.02 Å². The first-order valence-corrected chi connectivity index (χ1v) is 8.96. The highest BCUT2D eigenvalue weighted by molar-refractivity contribution is 6.30. The first-order chi connectivity index (χ1) is 13.7. The van der Waals surface area contributed by atoms with Gasteiger partial charge in [-0.15, -0.1) is 20.4 Å². The highest BCUT2D eigenvalue weighted by atomic mass is 35.5. The Bertz CT molecular complexity index is 1370. The Hall–Kier alpha value is -3.59. The lowest BCUT2D eigenvalue weighted by atomic mass is 10.0. The number of hydrogen-bond acceptors (Lipinski definition) is 6. The number of hydrogen-bond donors (Lipinski definition) is 0. The number of halogens is 1. The topological polar surface area (TPSA) is 95.8 Å². The van der Waals surface area contributed by atoms with Crippen molar-refractivity contribution in [2.45, 2.75) is 13.3 Å². The minimum Gasteiger partial charge on any atom is -0.265 e. The highest BCUT2D eigenvalue weighted by Gasteiger charge is 2.19. The van der Waals surface area contributed by atoms with Gasteiger partial charge in [-0.05, 0) is 30.2 Å². The Morgan fingerprint density at radius 3 is 2.50 bits per heavy atom. The van der Waals surface area contributed by atoms with Crippen molar-refractivity contribution >= 4 is 28.3 Å². The molecule has 138 valence electrons. The molecule has 0 unspecified atom stereocenters. The predicted molar refractivity (Wildman–Crippen MR) is 103 cm³/mol. The van der Waals surface area contributed by atoms with Gasteiger partial charge in [0.15, 0.2) is 11.2 Å². The molecule has 1 aromatic carbocycles. The lowest BCUT2D eigenvalue weighted by Gasteiger charge is -2.06. The molecule has 0 saturated heterocycles. The number of rotatable bonds is 3. The SMILES string of the molecule is CCc1nn2c(nnc3c(=O)n(-n4cnnc4)ccc32)c1-c1ccc(Cl)cc1. The molecule has 0 N–H and O–H groups in total. The summed E-state index contributed by atoms with van der Waals surface area (Å²) >= 11 is 6.02. The summed E-state index contributed by atoms with van der Waals surface area (Å²) in [7, 11) is 0. The van der Waals surface area contributed by atoms with Crippen molar-refractivity contribution in [3.05, 3.63) is 70.3 Å². The van der Waals surface area contributed by atoms with Crippen LogP contribution in [-0.4, -0.2) is 39.4 Å². The fourth-order valence-corrected chi connectivity index (χ4v) is 3.36. The molecule has 0 saturated carbocycles. The van der Waals surface area contributed by atoms with E-state index in [2.05, 4.69) is 20.4 Å². The first kappa shape index (κ1) is 16.6. The number of pyridine rings is 1. The van der Waals surface area contributed by atoms with Gasteiger partial charge in [0.05, 0.1) is 11.3 Å². The van der Waals surface area contributed by atoms with Gasteiger partial charge < -0.3 is 0 Å². The average Bonchev–Trinajstić information content (AvgIpc) is 3.36. The zero-order valence-corrected chi connectivity index (χ0v) is 15.4. The summed E-state index contributed by atoms with van der Waals surface area (Å²) in [6, 6.07) is 9.28.